The number of halogens is 1. The van der Waals surface area contributed by atoms with Crippen LogP contribution in [0.25, 0.3) is 23.5 Å². The van der Waals surface area contributed by atoms with Crippen molar-refractivity contribution in [3.8, 4) is 11.4 Å². The van der Waals surface area contributed by atoms with Gasteiger partial charge < -0.3 is 15.0 Å². The van der Waals surface area contributed by atoms with Crippen LogP contribution in [0.4, 0.5) is 4.39 Å². The van der Waals surface area contributed by atoms with Crippen LogP contribution in [0.15, 0.2) is 29.0 Å². The first-order valence-corrected chi connectivity index (χ1v) is 8.43. The standard InChI is InChI=1S/C17H13FN4O4S/c1-9-11(16(22-26-9)12-4-2-10(18)6-20-12)3-5-15-21-7-13(27-15)17(24)25-8-14(19)23/h2-7H,8H2,1H3,(H2,19,23). The van der Waals surface area contributed by atoms with Crippen molar-refractivity contribution in [2.24, 2.45) is 5.73 Å². The Kier molecular flexibility index (Phi) is 5.36. The van der Waals surface area contributed by atoms with Gasteiger partial charge in [-0.15, -0.1) is 11.3 Å². The fourth-order valence-corrected chi connectivity index (χ4v) is 2.81. The van der Waals surface area contributed by atoms with Crippen molar-refractivity contribution in [2.75, 3.05) is 6.61 Å². The lowest BCUT2D eigenvalue weighted by atomic mass is 10.1. The van der Waals surface area contributed by atoms with Gasteiger partial charge in [-0.05, 0) is 31.2 Å². The van der Waals surface area contributed by atoms with Crippen LogP contribution in [0, 0.1) is 12.7 Å². The summed E-state index contributed by atoms with van der Waals surface area (Å²) in [6.07, 6.45) is 5.82. The molecule has 0 aliphatic carbocycles. The molecule has 3 aromatic rings. The highest BCUT2D eigenvalue weighted by molar-refractivity contribution is 7.14. The first kappa shape index (κ1) is 18.4. The van der Waals surface area contributed by atoms with Crippen LogP contribution in [-0.4, -0.2) is 33.6 Å². The van der Waals surface area contributed by atoms with Crippen LogP contribution in [0.1, 0.15) is 26.0 Å². The lowest BCUT2D eigenvalue weighted by Gasteiger charge is -1.98. The third-order valence-corrected chi connectivity index (χ3v) is 4.28. The molecule has 0 aromatic carbocycles. The fourth-order valence-electron chi connectivity index (χ4n) is 2.10. The van der Waals surface area contributed by atoms with Crippen molar-refractivity contribution < 1.29 is 23.2 Å². The second kappa shape index (κ2) is 7.87. The van der Waals surface area contributed by atoms with Gasteiger partial charge in [-0.25, -0.2) is 14.2 Å². The van der Waals surface area contributed by atoms with Gasteiger partial charge in [0.15, 0.2) is 6.61 Å². The molecule has 27 heavy (non-hydrogen) atoms. The number of amides is 1. The molecular weight excluding hydrogens is 375 g/mol. The molecule has 0 atom stereocenters. The number of ether oxygens (including phenoxy) is 1. The minimum Gasteiger partial charge on any atom is -0.451 e. The van der Waals surface area contributed by atoms with Crippen LogP contribution < -0.4 is 5.73 Å². The van der Waals surface area contributed by atoms with E-state index in [1.165, 1.54) is 18.3 Å². The Morgan fingerprint density at radius 3 is 2.81 bits per heavy atom. The Morgan fingerprint density at radius 2 is 2.11 bits per heavy atom. The number of aryl methyl sites for hydroxylation is 1. The van der Waals surface area contributed by atoms with Gasteiger partial charge in [0.1, 0.15) is 27.2 Å². The normalized spacial score (nSPS) is 11.0. The van der Waals surface area contributed by atoms with E-state index in [2.05, 4.69) is 15.1 Å². The average Bonchev–Trinajstić information content (AvgIpc) is 3.25. The smallest absolute Gasteiger partial charge is 0.350 e. The van der Waals surface area contributed by atoms with E-state index in [1.807, 2.05) is 0 Å². The monoisotopic (exact) mass is 388 g/mol. The molecule has 2 N–H and O–H groups in total. The second-order valence-corrected chi connectivity index (χ2v) is 6.36. The number of rotatable bonds is 6. The molecule has 3 aromatic heterocycles. The summed E-state index contributed by atoms with van der Waals surface area (Å²) in [6.45, 7) is 1.24. The minimum atomic E-state index is -0.738. The SMILES string of the molecule is Cc1onc(-c2ccc(F)cn2)c1C=Cc1ncc(C(=O)OCC(N)=O)s1. The third kappa shape index (κ3) is 4.42. The Morgan fingerprint density at radius 1 is 1.30 bits per heavy atom. The van der Waals surface area contributed by atoms with E-state index >= 15 is 0 Å². The first-order chi connectivity index (χ1) is 12.9. The second-order valence-electron chi connectivity index (χ2n) is 5.30. The van der Waals surface area contributed by atoms with Gasteiger partial charge >= 0.3 is 5.97 Å². The lowest BCUT2D eigenvalue weighted by Crippen LogP contribution is -2.20. The molecule has 0 bridgehead atoms. The highest BCUT2D eigenvalue weighted by Crippen LogP contribution is 2.26. The van der Waals surface area contributed by atoms with E-state index < -0.39 is 24.3 Å². The van der Waals surface area contributed by atoms with Gasteiger partial charge in [0.05, 0.1) is 18.1 Å². The molecule has 0 unspecified atom stereocenters. The zero-order valence-electron chi connectivity index (χ0n) is 14.0. The average molecular weight is 388 g/mol. The summed E-state index contributed by atoms with van der Waals surface area (Å²) < 4.78 is 23.0. The maximum absolute atomic E-state index is 13.1. The number of aromatic nitrogens is 3. The maximum atomic E-state index is 13.1. The summed E-state index contributed by atoms with van der Waals surface area (Å²) in [4.78, 5) is 30.8. The van der Waals surface area contributed by atoms with Crippen LogP contribution in [0.2, 0.25) is 0 Å². The number of nitrogens with zero attached hydrogens (tertiary/aromatic N) is 3. The van der Waals surface area contributed by atoms with E-state index in [9.17, 15) is 14.0 Å². The van der Waals surface area contributed by atoms with E-state index in [4.69, 9.17) is 15.0 Å². The molecule has 0 saturated carbocycles. The highest BCUT2D eigenvalue weighted by Gasteiger charge is 2.15. The number of primary amides is 1. The zero-order valence-corrected chi connectivity index (χ0v) is 14.8. The fraction of sp³-hybridized carbons (Fsp3) is 0.118. The molecular formula is C17H13FN4O4S. The number of carbonyl (C=O) groups excluding carboxylic acids is 2. The Hall–Kier alpha value is -3.40. The predicted molar refractivity (Wildman–Crippen MR) is 94.9 cm³/mol. The number of pyridine rings is 1. The van der Waals surface area contributed by atoms with Gasteiger partial charge in [0, 0.05) is 5.56 Å². The zero-order chi connectivity index (χ0) is 19.4. The minimum absolute atomic E-state index is 0.235. The van der Waals surface area contributed by atoms with Crippen molar-refractivity contribution in [1.82, 2.24) is 15.1 Å². The number of thiazole rings is 1. The molecule has 0 aliphatic heterocycles. The van der Waals surface area contributed by atoms with Crippen molar-refractivity contribution in [2.45, 2.75) is 6.92 Å². The van der Waals surface area contributed by atoms with Gasteiger partial charge in [0.2, 0.25) is 0 Å². The molecule has 8 nitrogen and oxygen atoms in total. The summed E-state index contributed by atoms with van der Waals surface area (Å²) in [5, 5.41) is 4.48. The molecule has 1 amide bonds. The molecule has 3 rings (SSSR count). The molecule has 3 heterocycles. The maximum Gasteiger partial charge on any atom is 0.350 e. The quantitative estimate of drug-likeness (QED) is 0.644. The van der Waals surface area contributed by atoms with Crippen molar-refractivity contribution >= 4 is 35.4 Å². The number of carbonyl (C=O) groups is 2. The molecule has 0 aliphatic rings. The molecule has 10 heteroatoms. The van der Waals surface area contributed by atoms with Gasteiger partial charge in [-0.2, -0.15) is 0 Å². The summed E-state index contributed by atoms with van der Waals surface area (Å²) in [7, 11) is 0. The van der Waals surface area contributed by atoms with Gasteiger partial charge in [-0.3, -0.25) is 9.78 Å². The van der Waals surface area contributed by atoms with Crippen LogP contribution in [-0.2, 0) is 9.53 Å². The van der Waals surface area contributed by atoms with Crippen LogP contribution in [0.3, 0.4) is 0 Å². The number of hydrogen-bond donors (Lipinski definition) is 1. The van der Waals surface area contributed by atoms with Crippen LogP contribution in [0.5, 0.6) is 0 Å². The van der Waals surface area contributed by atoms with Crippen molar-refractivity contribution in [3.63, 3.8) is 0 Å². The largest absolute Gasteiger partial charge is 0.451 e. The van der Waals surface area contributed by atoms with Gasteiger partial charge in [-0.1, -0.05) is 5.16 Å². The lowest BCUT2D eigenvalue weighted by molar-refractivity contribution is -0.121. The third-order valence-electron chi connectivity index (χ3n) is 3.34. The summed E-state index contributed by atoms with van der Waals surface area (Å²) in [5.41, 5.74) is 6.51. The Labute approximate surface area is 156 Å². The van der Waals surface area contributed by atoms with Crippen molar-refractivity contribution in [3.05, 3.63) is 51.6 Å². The number of nitrogens with two attached hydrogens (primary N) is 1. The topological polar surface area (TPSA) is 121 Å². The first-order valence-electron chi connectivity index (χ1n) is 7.61. The molecule has 0 radical (unpaired) electrons. The number of esters is 1. The van der Waals surface area contributed by atoms with E-state index in [-0.39, 0.29) is 4.88 Å². The summed E-state index contributed by atoms with van der Waals surface area (Å²) in [5.74, 6) is -1.32. The van der Waals surface area contributed by atoms with E-state index in [0.29, 0.717) is 27.7 Å². The Bertz CT molecular complexity index is 1010. The Balaban J connectivity index is 1.79. The summed E-state index contributed by atoms with van der Waals surface area (Å²) in [6, 6.07) is 2.78. The highest BCUT2D eigenvalue weighted by atomic mass is 32.1. The molecule has 0 saturated heterocycles. The van der Waals surface area contributed by atoms with Crippen LogP contribution >= 0.6 is 11.3 Å². The number of hydrogen-bond acceptors (Lipinski definition) is 8. The molecule has 0 fully saturated rings. The van der Waals surface area contributed by atoms with E-state index in [0.717, 1.165) is 17.5 Å². The summed E-state index contributed by atoms with van der Waals surface area (Å²) >= 11 is 1.08. The molecule has 0 spiro atoms. The van der Waals surface area contributed by atoms with E-state index in [1.54, 1.807) is 19.1 Å². The van der Waals surface area contributed by atoms with Crippen molar-refractivity contribution in [1.29, 1.82) is 0 Å². The van der Waals surface area contributed by atoms with Gasteiger partial charge in [0.25, 0.3) is 5.91 Å². The predicted octanol–water partition coefficient (Wildman–Crippen LogP) is 2.45. The molecule has 138 valence electrons.